The fraction of sp³-hybridized carbons (Fsp3) is 0.381. The number of aryl methyl sites for hydroxylation is 1. The third-order valence-corrected chi connectivity index (χ3v) is 6.11. The molecule has 9 heteroatoms. The lowest BCUT2D eigenvalue weighted by Crippen LogP contribution is -2.32. The number of rotatable bonds is 7. The minimum atomic E-state index is -0.555. The molecule has 0 saturated carbocycles. The van der Waals surface area contributed by atoms with Crippen LogP contribution in [0.3, 0.4) is 0 Å². The van der Waals surface area contributed by atoms with Crippen molar-refractivity contribution in [2.45, 2.75) is 31.8 Å². The number of thiophene rings is 1. The van der Waals surface area contributed by atoms with E-state index in [0.29, 0.717) is 18.0 Å². The molecular weight excluding hydrogens is 406 g/mol. The van der Waals surface area contributed by atoms with Gasteiger partial charge in [-0.15, -0.1) is 16.4 Å². The number of carbonyl (C=O) groups excluding carboxylic acids is 1. The number of amides is 1. The van der Waals surface area contributed by atoms with E-state index in [9.17, 15) is 9.59 Å². The quantitative estimate of drug-likeness (QED) is 0.573. The van der Waals surface area contributed by atoms with Crippen LogP contribution in [-0.4, -0.2) is 41.4 Å². The third kappa shape index (κ3) is 3.97. The molecule has 0 bridgehead atoms. The lowest BCUT2D eigenvalue weighted by molar-refractivity contribution is -0.132. The minimum absolute atomic E-state index is 0.0251. The third-order valence-electron chi connectivity index (χ3n) is 5.25. The number of likely N-dealkylation sites (tertiary alicyclic amines) is 1. The van der Waals surface area contributed by atoms with Gasteiger partial charge in [-0.3, -0.25) is 4.79 Å². The molecule has 1 atom stereocenters. The molecule has 1 fully saturated rings. The second-order valence-electron chi connectivity index (χ2n) is 6.98. The topological polar surface area (TPSA) is 86.8 Å². The lowest BCUT2D eigenvalue weighted by Gasteiger charge is -2.26. The zero-order valence-corrected chi connectivity index (χ0v) is 17.7. The van der Waals surface area contributed by atoms with Gasteiger partial charge in [-0.1, -0.05) is 6.07 Å². The summed E-state index contributed by atoms with van der Waals surface area (Å²) in [4.78, 5) is 27.7. The van der Waals surface area contributed by atoms with E-state index in [4.69, 9.17) is 13.9 Å². The van der Waals surface area contributed by atoms with Crippen molar-refractivity contribution in [1.29, 1.82) is 0 Å². The van der Waals surface area contributed by atoms with Crippen LogP contribution in [0.1, 0.15) is 30.9 Å². The minimum Gasteiger partial charge on any atom is -0.497 e. The number of aromatic nitrogens is 2. The van der Waals surface area contributed by atoms with Crippen LogP contribution in [0.5, 0.6) is 11.5 Å². The van der Waals surface area contributed by atoms with E-state index >= 15 is 0 Å². The Labute approximate surface area is 177 Å². The van der Waals surface area contributed by atoms with Gasteiger partial charge in [0.2, 0.25) is 5.91 Å². The smallest absolute Gasteiger partial charge is 0.437 e. The summed E-state index contributed by atoms with van der Waals surface area (Å²) in [6.07, 6.45) is 1.95. The highest BCUT2D eigenvalue weighted by Gasteiger charge is 2.32. The first-order valence-corrected chi connectivity index (χ1v) is 10.6. The van der Waals surface area contributed by atoms with E-state index in [2.05, 4.69) is 5.10 Å². The predicted molar refractivity (Wildman–Crippen MR) is 112 cm³/mol. The zero-order valence-electron chi connectivity index (χ0n) is 16.9. The zero-order chi connectivity index (χ0) is 21.1. The molecule has 1 aliphatic heterocycles. The molecule has 30 heavy (non-hydrogen) atoms. The van der Waals surface area contributed by atoms with Gasteiger partial charge < -0.3 is 18.8 Å². The van der Waals surface area contributed by atoms with Gasteiger partial charge in [0.25, 0.3) is 5.89 Å². The highest BCUT2D eigenvalue weighted by molar-refractivity contribution is 7.13. The molecule has 0 radical (unpaired) electrons. The number of hydrogen-bond acceptors (Lipinski definition) is 7. The van der Waals surface area contributed by atoms with Crippen molar-refractivity contribution >= 4 is 17.2 Å². The Balaban J connectivity index is 1.47. The second kappa shape index (κ2) is 8.74. The maximum absolute atomic E-state index is 13.0. The van der Waals surface area contributed by atoms with Gasteiger partial charge in [0.05, 0.1) is 31.7 Å². The summed E-state index contributed by atoms with van der Waals surface area (Å²) >= 11 is 1.44. The van der Waals surface area contributed by atoms with Crippen LogP contribution in [0.4, 0.5) is 0 Å². The van der Waals surface area contributed by atoms with Crippen LogP contribution in [0.15, 0.2) is 44.9 Å². The number of nitrogens with zero attached hydrogens (tertiary/aromatic N) is 3. The Bertz CT molecular complexity index is 1070. The molecule has 4 rings (SSSR count). The summed E-state index contributed by atoms with van der Waals surface area (Å²) in [5.41, 5.74) is 0.961. The molecule has 1 aliphatic rings. The monoisotopic (exact) mass is 429 g/mol. The molecule has 8 nitrogen and oxygen atoms in total. The summed E-state index contributed by atoms with van der Waals surface area (Å²) in [5.74, 6) is 1.11. The van der Waals surface area contributed by atoms with Gasteiger partial charge in [-0.25, -0.2) is 4.79 Å². The highest BCUT2D eigenvalue weighted by Crippen LogP contribution is 2.39. The van der Waals surface area contributed by atoms with Crippen LogP contribution in [-0.2, 0) is 11.3 Å². The molecule has 2 aromatic heterocycles. The molecule has 0 spiro atoms. The van der Waals surface area contributed by atoms with E-state index in [1.54, 1.807) is 14.2 Å². The molecule has 3 heterocycles. The predicted octanol–water partition coefficient (Wildman–Crippen LogP) is 3.34. The first-order chi connectivity index (χ1) is 14.6. The SMILES string of the molecule is COc1ccc([C@H]2CCCN2C(=O)CCn2nc(-c3cccs3)oc2=O)c(OC)c1. The fourth-order valence-corrected chi connectivity index (χ4v) is 4.42. The number of hydrogen-bond donors (Lipinski definition) is 0. The Morgan fingerprint density at radius 1 is 1.30 bits per heavy atom. The lowest BCUT2D eigenvalue weighted by atomic mass is 10.0. The van der Waals surface area contributed by atoms with Crippen LogP contribution < -0.4 is 15.2 Å². The van der Waals surface area contributed by atoms with Gasteiger partial charge in [-0.2, -0.15) is 4.68 Å². The van der Waals surface area contributed by atoms with Gasteiger partial charge in [0, 0.05) is 24.6 Å². The Hall–Kier alpha value is -3.07. The van der Waals surface area contributed by atoms with Crippen molar-refractivity contribution in [1.82, 2.24) is 14.7 Å². The average molecular weight is 429 g/mol. The van der Waals surface area contributed by atoms with Crippen LogP contribution in [0, 0.1) is 0 Å². The Morgan fingerprint density at radius 2 is 2.17 bits per heavy atom. The number of methoxy groups -OCH3 is 2. The van der Waals surface area contributed by atoms with E-state index in [0.717, 1.165) is 23.3 Å². The summed E-state index contributed by atoms with van der Waals surface area (Å²) in [6.45, 7) is 0.850. The fourth-order valence-electron chi connectivity index (χ4n) is 3.77. The number of ether oxygens (including phenoxy) is 2. The standard InChI is InChI=1S/C21H23N3O5S/c1-27-14-7-8-15(17(13-14)28-2)16-5-3-10-23(16)19(25)9-11-24-21(26)29-20(22-24)18-6-4-12-30-18/h4,6-8,12-13,16H,3,5,9-11H2,1-2H3/t16-/m1/s1. The Morgan fingerprint density at radius 3 is 2.90 bits per heavy atom. The van der Waals surface area contributed by atoms with E-state index < -0.39 is 5.76 Å². The summed E-state index contributed by atoms with van der Waals surface area (Å²) in [7, 11) is 3.22. The molecule has 0 N–H and O–H groups in total. The first kappa shape index (κ1) is 20.2. The molecule has 1 aromatic carbocycles. The van der Waals surface area contributed by atoms with Gasteiger partial charge >= 0.3 is 5.76 Å². The van der Waals surface area contributed by atoms with E-state index in [1.807, 2.05) is 40.6 Å². The average Bonchev–Trinajstić information content (AvgIpc) is 3.52. The van der Waals surface area contributed by atoms with E-state index in [1.165, 1.54) is 16.0 Å². The maximum Gasteiger partial charge on any atom is 0.437 e. The van der Waals surface area contributed by atoms with Crippen molar-refractivity contribution in [2.24, 2.45) is 0 Å². The summed E-state index contributed by atoms with van der Waals surface area (Å²) in [6, 6.07) is 9.29. The molecule has 3 aromatic rings. The van der Waals surface area contributed by atoms with Crippen molar-refractivity contribution < 1.29 is 18.7 Å². The molecule has 0 unspecified atom stereocenters. The van der Waals surface area contributed by atoms with Gasteiger partial charge in [0.1, 0.15) is 11.5 Å². The van der Waals surface area contributed by atoms with Crippen LogP contribution in [0.25, 0.3) is 10.8 Å². The van der Waals surface area contributed by atoms with Crippen LogP contribution >= 0.6 is 11.3 Å². The van der Waals surface area contributed by atoms with Crippen molar-refractivity contribution in [3.8, 4) is 22.3 Å². The molecular formula is C21H23N3O5S. The number of benzene rings is 1. The van der Waals surface area contributed by atoms with Crippen LogP contribution in [0.2, 0.25) is 0 Å². The largest absolute Gasteiger partial charge is 0.497 e. The molecule has 1 saturated heterocycles. The van der Waals surface area contributed by atoms with Gasteiger partial charge in [-0.05, 0) is 36.4 Å². The van der Waals surface area contributed by atoms with E-state index in [-0.39, 0.29) is 30.8 Å². The number of carbonyl (C=O) groups is 1. The summed E-state index contributed by atoms with van der Waals surface area (Å²) in [5, 5.41) is 6.11. The first-order valence-electron chi connectivity index (χ1n) is 9.74. The van der Waals surface area contributed by atoms with Crippen molar-refractivity contribution in [2.75, 3.05) is 20.8 Å². The van der Waals surface area contributed by atoms with Crippen molar-refractivity contribution in [3.63, 3.8) is 0 Å². The maximum atomic E-state index is 13.0. The highest BCUT2D eigenvalue weighted by atomic mass is 32.1. The summed E-state index contributed by atoms with van der Waals surface area (Å²) < 4.78 is 17.2. The van der Waals surface area contributed by atoms with Gasteiger partial charge in [0.15, 0.2) is 0 Å². The molecule has 158 valence electrons. The normalized spacial score (nSPS) is 16.1. The Kier molecular flexibility index (Phi) is 5.89. The van der Waals surface area contributed by atoms with Crippen molar-refractivity contribution in [3.05, 3.63) is 51.8 Å². The molecule has 0 aliphatic carbocycles. The molecule has 1 amide bonds. The second-order valence-corrected chi connectivity index (χ2v) is 7.92.